The summed E-state index contributed by atoms with van der Waals surface area (Å²) < 4.78 is 5.15. The van der Waals surface area contributed by atoms with E-state index < -0.39 is 0 Å². The van der Waals surface area contributed by atoms with E-state index in [2.05, 4.69) is 9.88 Å². The number of nitrogens with zero attached hydrogens (tertiary/aromatic N) is 4. The lowest BCUT2D eigenvalue weighted by atomic mass is 9.78. The quantitative estimate of drug-likeness (QED) is 0.853. The Morgan fingerprint density at radius 1 is 1.20 bits per heavy atom. The Labute approximate surface area is 147 Å². The minimum Gasteiger partial charge on any atom is -0.383 e. The number of benzene rings is 1. The highest BCUT2D eigenvalue weighted by Gasteiger charge is 2.48. The van der Waals surface area contributed by atoms with Gasteiger partial charge in [-0.25, -0.2) is 4.98 Å². The molecule has 6 nitrogen and oxygen atoms in total. The van der Waals surface area contributed by atoms with E-state index in [1.807, 2.05) is 35.4 Å². The fraction of sp³-hybridized carbons (Fsp3) is 0.526. The molecule has 2 saturated heterocycles. The molecular formula is C19H24N4O2. The van der Waals surface area contributed by atoms with Crippen molar-refractivity contribution in [2.75, 3.05) is 44.8 Å². The Balaban J connectivity index is 1.54. The molecule has 2 aromatic rings. The van der Waals surface area contributed by atoms with E-state index in [9.17, 15) is 4.79 Å². The van der Waals surface area contributed by atoms with Gasteiger partial charge in [0.05, 0.1) is 29.3 Å². The Bertz CT molecular complexity index is 781. The van der Waals surface area contributed by atoms with Gasteiger partial charge in [-0.2, -0.15) is 0 Å². The number of ether oxygens (including phenoxy) is 1. The van der Waals surface area contributed by atoms with Gasteiger partial charge >= 0.3 is 0 Å². The molecule has 1 spiro atoms. The standard InChI is InChI=1S/C19H24N4O2/c1-25-12-11-22-9-4-7-19(18(22)24)8-10-23(14-19)17-13-20-15-5-2-3-6-16(15)21-17/h2-3,5-6,13H,4,7-12,14H2,1H3. The Hall–Kier alpha value is -2.21. The second kappa shape index (κ2) is 6.59. The predicted molar refractivity (Wildman–Crippen MR) is 96.5 cm³/mol. The summed E-state index contributed by atoms with van der Waals surface area (Å²) in [5.41, 5.74) is 1.54. The van der Waals surface area contributed by atoms with Gasteiger partial charge in [-0.15, -0.1) is 0 Å². The summed E-state index contributed by atoms with van der Waals surface area (Å²) in [7, 11) is 1.68. The summed E-state index contributed by atoms with van der Waals surface area (Å²) in [6, 6.07) is 7.90. The fourth-order valence-electron chi connectivity index (χ4n) is 4.11. The average Bonchev–Trinajstić information content (AvgIpc) is 3.08. The first-order chi connectivity index (χ1) is 12.2. The number of likely N-dealkylation sites (tertiary alicyclic amines) is 1. The van der Waals surface area contributed by atoms with Gasteiger partial charge in [0.25, 0.3) is 0 Å². The summed E-state index contributed by atoms with van der Waals surface area (Å²) in [6.45, 7) is 3.73. The molecule has 4 rings (SSSR count). The van der Waals surface area contributed by atoms with E-state index in [-0.39, 0.29) is 11.3 Å². The molecule has 0 bridgehead atoms. The van der Waals surface area contributed by atoms with Crippen molar-refractivity contribution in [3.63, 3.8) is 0 Å². The van der Waals surface area contributed by atoms with E-state index in [1.54, 1.807) is 7.11 Å². The van der Waals surface area contributed by atoms with Crippen LogP contribution in [0.15, 0.2) is 30.5 Å². The van der Waals surface area contributed by atoms with Crippen molar-refractivity contribution < 1.29 is 9.53 Å². The van der Waals surface area contributed by atoms with Gasteiger partial charge in [0, 0.05) is 33.3 Å². The largest absolute Gasteiger partial charge is 0.383 e. The van der Waals surface area contributed by atoms with Crippen LogP contribution in [0, 0.1) is 5.41 Å². The van der Waals surface area contributed by atoms with Gasteiger partial charge in [-0.05, 0) is 31.4 Å². The number of carbonyl (C=O) groups excluding carboxylic acids is 1. The average molecular weight is 340 g/mol. The van der Waals surface area contributed by atoms with Gasteiger partial charge in [-0.1, -0.05) is 12.1 Å². The molecule has 0 aliphatic carbocycles. The molecule has 0 saturated carbocycles. The highest BCUT2D eigenvalue weighted by Crippen LogP contribution is 2.41. The fourth-order valence-corrected chi connectivity index (χ4v) is 4.11. The minimum absolute atomic E-state index is 0.265. The third-order valence-corrected chi connectivity index (χ3v) is 5.50. The molecule has 2 fully saturated rings. The second-order valence-corrected chi connectivity index (χ2v) is 7.06. The molecule has 0 radical (unpaired) electrons. The molecule has 2 aliphatic rings. The summed E-state index contributed by atoms with van der Waals surface area (Å²) in [5.74, 6) is 1.16. The first-order valence-electron chi connectivity index (χ1n) is 8.97. The topological polar surface area (TPSA) is 58.6 Å². The lowest BCUT2D eigenvalue weighted by Gasteiger charge is -2.39. The molecule has 132 valence electrons. The second-order valence-electron chi connectivity index (χ2n) is 7.06. The van der Waals surface area contributed by atoms with Crippen LogP contribution < -0.4 is 4.90 Å². The normalized spacial score (nSPS) is 23.8. The van der Waals surface area contributed by atoms with Crippen molar-refractivity contribution in [3.05, 3.63) is 30.5 Å². The van der Waals surface area contributed by atoms with Crippen LogP contribution in [0.1, 0.15) is 19.3 Å². The molecule has 6 heteroatoms. The molecule has 0 N–H and O–H groups in total. The van der Waals surface area contributed by atoms with Gasteiger partial charge in [0.1, 0.15) is 5.82 Å². The number of hydrogen-bond donors (Lipinski definition) is 0. The number of rotatable bonds is 4. The van der Waals surface area contributed by atoms with E-state index in [4.69, 9.17) is 9.72 Å². The lowest BCUT2D eigenvalue weighted by molar-refractivity contribution is -0.145. The first kappa shape index (κ1) is 16.3. The van der Waals surface area contributed by atoms with Crippen LogP contribution in [0.5, 0.6) is 0 Å². The SMILES string of the molecule is COCCN1CCCC2(CCN(c3cnc4ccccc4n3)C2)C1=O. The van der Waals surface area contributed by atoms with Gasteiger partial charge in [-0.3, -0.25) is 9.78 Å². The predicted octanol–water partition coefficient (Wildman–Crippen LogP) is 2.10. The molecule has 3 heterocycles. The van der Waals surface area contributed by atoms with E-state index in [0.29, 0.717) is 13.2 Å². The third kappa shape index (κ3) is 2.95. The minimum atomic E-state index is -0.265. The maximum absolute atomic E-state index is 13.1. The van der Waals surface area contributed by atoms with Crippen molar-refractivity contribution in [1.82, 2.24) is 14.9 Å². The van der Waals surface area contributed by atoms with Crippen LogP contribution >= 0.6 is 0 Å². The molecule has 1 aromatic carbocycles. The van der Waals surface area contributed by atoms with Crippen LogP contribution in [0.2, 0.25) is 0 Å². The number of aromatic nitrogens is 2. The Morgan fingerprint density at radius 2 is 2.04 bits per heavy atom. The Kier molecular flexibility index (Phi) is 4.29. The molecular weight excluding hydrogens is 316 g/mol. The van der Waals surface area contributed by atoms with Crippen molar-refractivity contribution >= 4 is 22.8 Å². The van der Waals surface area contributed by atoms with E-state index in [1.165, 1.54) is 0 Å². The summed E-state index contributed by atoms with van der Waals surface area (Å²) in [6.07, 6.45) is 4.75. The van der Waals surface area contributed by atoms with Gasteiger partial charge < -0.3 is 14.5 Å². The molecule has 1 unspecified atom stereocenters. The molecule has 1 amide bonds. The van der Waals surface area contributed by atoms with Crippen LogP contribution in [0.4, 0.5) is 5.82 Å². The van der Waals surface area contributed by atoms with Crippen LogP contribution in [0.3, 0.4) is 0 Å². The molecule has 1 aromatic heterocycles. The number of hydrogen-bond acceptors (Lipinski definition) is 5. The monoisotopic (exact) mass is 340 g/mol. The van der Waals surface area contributed by atoms with Gasteiger partial charge in [0.2, 0.25) is 5.91 Å². The van der Waals surface area contributed by atoms with Crippen molar-refractivity contribution in [3.8, 4) is 0 Å². The van der Waals surface area contributed by atoms with Gasteiger partial charge in [0.15, 0.2) is 0 Å². The zero-order valence-corrected chi connectivity index (χ0v) is 14.6. The number of para-hydroxylation sites is 2. The summed E-state index contributed by atoms with van der Waals surface area (Å²) in [5, 5.41) is 0. The third-order valence-electron chi connectivity index (χ3n) is 5.50. The highest BCUT2D eigenvalue weighted by molar-refractivity contribution is 5.85. The maximum Gasteiger partial charge on any atom is 0.230 e. The van der Waals surface area contributed by atoms with Crippen molar-refractivity contribution in [1.29, 1.82) is 0 Å². The molecule has 2 aliphatic heterocycles. The highest BCUT2D eigenvalue weighted by atomic mass is 16.5. The number of piperidine rings is 1. The van der Waals surface area contributed by atoms with E-state index >= 15 is 0 Å². The number of carbonyl (C=O) groups is 1. The zero-order valence-electron chi connectivity index (χ0n) is 14.6. The number of fused-ring (bicyclic) bond motifs is 1. The number of amides is 1. The first-order valence-corrected chi connectivity index (χ1v) is 8.97. The Morgan fingerprint density at radius 3 is 2.88 bits per heavy atom. The smallest absolute Gasteiger partial charge is 0.230 e. The molecule has 1 atom stereocenters. The lowest BCUT2D eigenvalue weighted by Crippen LogP contribution is -2.51. The summed E-state index contributed by atoms with van der Waals surface area (Å²) >= 11 is 0. The van der Waals surface area contributed by atoms with Crippen LogP contribution in [0.25, 0.3) is 11.0 Å². The van der Waals surface area contributed by atoms with Crippen molar-refractivity contribution in [2.24, 2.45) is 5.41 Å². The zero-order chi connectivity index (χ0) is 17.3. The van der Waals surface area contributed by atoms with Crippen LogP contribution in [-0.2, 0) is 9.53 Å². The molecule has 25 heavy (non-hydrogen) atoms. The number of anilines is 1. The van der Waals surface area contributed by atoms with E-state index in [0.717, 1.165) is 55.7 Å². The summed E-state index contributed by atoms with van der Waals surface area (Å²) in [4.78, 5) is 26.5. The maximum atomic E-state index is 13.1. The number of methoxy groups -OCH3 is 1. The van der Waals surface area contributed by atoms with Crippen LogP contribution in [-0.4, -0.2) is 60.7 Å². The van der Waals surface area contributed by atoms with Crippen molar-refractivity contribution in [2.45, 2.75) is 19.3 Å².